The largest absolute Gasteiger partial charge is 0.292 e. The first-order valence-electron chi connectivity index (χ1n) is 7.54. The average molecular weight is 305 g/mol. The van der Waals surface area contributed by atoms with Gasteiger partial charge in [-0.3, -0.25) is 9.36 Å². The van der Waals surface area contributed by atoms with E-state index in [1.165, 1.54) is 0 Å². The molecule has 1 aromatic heterocycles. The van der Waals surface area contributed by atoms with Crippen LogP contribution in [-0.2, 0) is 0 Å². The summed E-state index contributed by atoms with van der Waals surface area (Å²) in [5.74, 6) is 0.697. The molecular formula is C17H21ClN2O. The van der Waals surface area contributed by atoms with Crippen molar-refractivity contribution in [3.63, 3.8) is 0 Å². The fourth-order valence-corrected chi connectivity index (χ4v) is 3.57. The lowest BCUT2D eigenvalue weighted by atomic mass is 9.92. The summed E-state index contributed by atoms with van der Waals surface area (Å²) >= 11 is 6.31. The van der Waals surface area contributed by atoms with Crippen molar-refractivity contribution < 1.29 is 0 Å². The molecule has 112 valence electrons. The predicted molar refractivity (Wildman–Crippen MR) is 86.9 cm³/mol. The van der Waals surface area contributed by atoms with Crippen LogP contribution in [0.3, 0.4) is 0 Å². The van der Waals surface area contributed by atoms with Crippen LogP contribution in [0.4, 0.5) is 0 Å². The second kappa shape index (κ2) is 5.13. The van der Waals surface area contributed by atoms with Gasteiger partial charge in [0.1, 0.15) is 5.82 Å². The molecule has 1 saturated carbocycles. The standard InChI is InChI=1S/C17H21ClN2O/c1-11(18)15-19-14-7-5-4-6-13(14)16(21)20(15)12-8-9-17(2,3)10-12/h4-7,11-12H,8-10H2,1-3H3. The van der Waals surface area contributed by atoms with Crippen LogP contribution in [0.15, 0.2) is 29.1 Å². The number of para-hydroxylation sites is 1. The third-order valence-electron chi connectivity index (χ3n) is 4.50. The van der Waals surface area contributed by atoms with Crippen LogP contribution < -0.4 is 5.56 Å². The van der Waals surface area contributed by atoms with Crippen molar-refractivity contribution in [3.8, 4) is 0 Å². The molecule has 21 heavy (non-hydrogen) atoms. The van der Waals surface area contributed by atoms with Crippen LogP contribution >= 0.6 is 11.6 Å². The van der Waals surface area contributed by atoms with Gasteiger partial charge in [0.25, 0.3) is 5.56 Å². The molecule has 0 spiro atoms. The van der Waals surface area contributed by atoms with Crippen LogP contribution in [0.5, 0.6) is 0 Å². The Bertz CT molecular complexity index is 733. The lowest BCUT2D eigenvalue weighted by Crippen LogP contribution is -2.29. The summed E-state index contributed by atoms with van der Waals surface area (Å²) in [5.41, 5.74) is 1.06. The first kappa shape index (κ1) is 14.6. The van der Waals surface area contributed by atoms with Gasteiger partial charge in [0.15, 0.2) is 0 Å². The predicted octanol–water partition coefficient (Wildman–Crippen LogP) is 4.45. The highest BCUT2D eigenvalue weighted by Crippen LogP contribution is 2.43. The normalized spacial score (nSPS) is 22.6. The average Bonchev–Trinajstić information content (AvgIpc) is 2.78. The number of nitrogens with zero attached hydrogens (tertiary/aromatic N) is 2. The van der Waals surface area contributed by atoms with Gasteiger partial charge in [-0.15, -0.1) is 11.6 Å². The second-order valence-electron chi connectivity index (χ2n) is 6.84. The number of aromatic nitrogens is 2. The van der Waals surface area contributed by atoms with Crippen molar-refractivity contribution >= 4 is 22.5 Å². The fraction of sp³-hybridized carbons (Fsp3) is 0.529. The minimum Gasteiger partial charge on any atom is -0.292 e. The molecule has 3 nitrogen and oxygen atoms in total. The van der Waals surface area contributed by atoms with Crippen LogP contribution in [-0.4, -0.2) is 9.55 Å². The van der Waals surface area contributed by atoms with E-state index in [1.54, 1.807) is 0 Å². The summed E-state index contributed by atoms with van der Waals surface area (Å²) in [6.07, 6.45) is 3.15. The smallest absolute Gasteiger partial charge is 0.261 e. The van der Waals surface area contributed by atoms with Gasteiger partial charge < -0.3 is 0 Å². The summed E-state index contributed by atoms with van der Waals surface area (Å²) in [6.45, 7) is 6.40. The highest BCUT2D eigenvalue weighted by atomic mass is 35.5. The molecule has 2 aromatic rings. The van der Waals surface area contributed by atoms with E-state index in [0.717, 1.165) is 24.8 Å². The van der Waals surface area contributed by atoms with Crippen molar-refractivity contribution in [2.75, 3.05) is 0 Å². The molecule has 4 heteroatoms. The van der Waals surface area contributed by atoms with E-state index in [1.807, 2.05) is 35.8 Å². The van der Waals surface area contributed by atoms with Crippen LogP contribution in [0, 0.1) is 5.41 Å². The molecular weight excluding hydrogens is 284 g/mol. The Labute approximate surface area is 130 Å². The van der Waals surface area contributed by atoms with Crippen molar-refractivity contribution in [2.24, 2.45) is 5.41 Å². The molecule has 1 fully saturated rings. The molecule has 0 aliphatic heterocycles. The van der Waals surface area contributed by atoms with Gasteiger partial charge in [-0.2, -0.15) is 0 Å². The number of fused-ring (bicyclic) bond motifs is 1. The third kappa shape index (κ3) is 2.59. The lowest BCUT2D eigenvalue weighted by molar-refractivity contribution is 0.353. The van der Waals surface area contributed by atoms with Crippen molar-refractivity contribution in [1.82, 2.24) is 9.55 Å². The van der Waals surface area contributed by atoms with Gasteiger partial charge in [-0.1, -0.05) is 26.0 Å². The van der Waals surface area contributed by atoms with E-state index >= 15 is 0 Å². The lowest BCUT2D eigenvalue weighted by Gasteiger charge is -2.22. The van der Waals surface area contributed by atoms with Gasteiger partial charge in [-0.05, 0) is 43.7 Å². The van der Waals surface area contributed by atoms with Crippen molar-refractivity contribution in [3.05, 3.63) is 40.4 Å². The molecule has 1 aromatic carbocycles. The summed E-state index contributed by atoms with van der Waals surface area (Å²) < 4.78 is 1.86. The van der Waals surface area contributed by atoms with Gasteiger partial charge in [-0.25, -0.2) is 4.98 Å². The Morgan fingerprint density at radius 2 is 2.10 bits per heavy atom. The number of halogens is 1. The van der Waals surface area contributed by atoms with E-state index in [9.17, 15) is 4.79 Å². The monoisotopic (exact) mass is 304 g/mol. The number of alkyl halides is 1. The van der Waals surface area contributed by atoms with Crippen molar-refractivity contribution in [2.45, 2.75) is 51.5 Å². The SMILES string of the molecule is CC(Cl)c1nc2ccccc2c(=O)n1C1CCC(C)(C)C1. The maximum Gasteiger partial charge on any atom is 0.261 e. The van der Waals surface area contributed by atoms with E-state index in [0.29, 0.717) is 11.2 Å². The molecule has 1 heterocycles. The molecule has 0 saturated heterocycles. The quantitative estimate of drug-likeness (QED) is 0.768. The zero-order valence-corrected chi connectivity index (χ0v) is 13.5. The molecule has 1 aliphatic carbocycles. The van der Waals surface area contributed by atoms with E-state index in [2.05, 4.69) is 18.8 Å². The molecule has 0 radical (unpaired) electrons. The minimum absolute atomic E-state index is 0.0470. The summed E-state index contributed by atoms with van der Waals surface area (Å²) in [6, 6.07) is 7.73. The molecule has 0 bridgehead atoms. The number of rotatable bonds is 2. The summed E-state index contributed by atoms with van der Waals surface area (Å²) in [7, 11) is 0. The Morgan fingerprint density at radius 1 is 1.38 bits per heavy atom. The highest BCUT2D eigenvalue weighted by molar-refractivity contribution is 6.20. The molecule has 1 aliphatic rings. The second-order valence-corrected chi connectivity index (χ2v) is 7.49. The molecule has 2 atom stereocenters. The molecule has 2 unspecified atom stereocenters. The van der Waals surface area contributed by atoms with Gasteiger partial charge in [0.2, 0.25) is 0 Å². The third-order valence-corrected chi connectivity index (χ3v) is 4.69. The zero-order chi connectivity index (χ0) is 15.2. The topological polar surface area (TPSA) is 34.9 Å². The summed E-state index contributed by atoms with van der Waals surface area (Å²) in [5, 5.41) is 0.411. The molecule has 0 N–H and O–H groups in total. The Morgan fingerprint density at radius 3 is 2.71 bits per heavy atom. The van der Waals surface area contributed by atoms with Crippen LogP contribution in [0.1, 0.15) is 57.3 Å². The number of hydrogen-bond donors (Lipinski definition) is 0. The van der Waals surface area contributed by atoms with E-state index in [-0.39, 0.29) is 22.4 Å². The van der Waals surface area contributed by atoms with Crippen LogP contribution in [0.25, 0.3) is 10.9 Å². The van der Waals surface area contributed by atoms with Gasteiger partial charge in [0, 0.05) is 6.04 Å². The van der Waals surface area contributed by atoms with Crippen LogP contribution in [0.2, 0.25) is 0 Å². The van der Waals surface area contributed by atoms with Gasteiger partial charge >= 0.3 is 0 Å². The number of hydrogen-bond acceptors (Lipinski definition) is 2. The fourth-order valence-electron chi connectivity index (χ4n) is 3.42. The minimum atomic E-state index is -0.272. The molecule has 3 rings (SSSR count). The Kier molecular flexibility index (Phi) is 3.56. The van der Waals surface area contributed by atoms with E-state index in [4.69, 9.17) is 11.6 Å². The Balaban J connectivity index is 2.23. The maximum absolute atomic E-state index is 12.9. The summed E-state index contributed by atoms with van der Waals surface area (Å²) in [4.78, 5) is 17.6. The maximum atomic E-state index is 12.9. The van der Waals surface area contributed by atoms with E-state index < -0.39 is 0 Å². The highest BCUT2D eigenvalue weighted by Gasteiger charge is 2.34. The number of benzene rings is 1. The first-order chi connectivity index (χ1) is 9.89. The van der Waals surface area contributed by atoms with Gasteiger partial charge in [0.05, 0.1) is 16.3 Å². The van der Waals surface area contributed by atoms with Crippen molar-refractivity contribution in [1.29, 1.82) is 0 Å². The Hall–Kier alpha value is -1.35. The zero-order valence-electron chi connectivity index (χ0n) is 12.8. The molecule has 0 amide bonds. The first-order valence-corrected chi connectivity index (χ1v) is 7.98.